The van der Waals surface area contributed by atoms with Gasteiger partial charge >= 0.3 is 6.18 Å². The van der Waals surface area contributed by atoms with Gasteiger partial charge in [0.1, 0.15) is 4.90 Å². The van der Waals surface area contributed by atoms with Gasteiger partial charge in [-0.25, -0.2) is 13.1 Å². The Bertz CT molecular complexity index is 552. The molecule has 0 amide bonds. The molecule has 0 saturated carbocycles. The van der Waals surface area contributed by atoms with Crippen LogP contribution in [0.15, 0.2) is 26.0 Å². The summed E-state index contributed by atoms with van der Waals surface area (Å²) in [5, 5.41) is 0. The van der Waals surface area contributed by atoms with E-state index in [1.165, 1.54) is 12.1 Å². The minimum Gasteiger partial charge on any atom is -0.398 e. The van der Waals surface area contributed by atoms with Gasteiger partial charge in [0.05, 0.1) is 12.1 Å². The Morgan fingerprint density at radius 3 is 2.32 bits per heavy atom. The van der Waals surface area contributed by atoms with Gasteiger partial charge in [-0.2, -0.15) is 13.2 Å². The van der Waals surface area contributed by atoms with E-state index in [1.807, 2.05) is 4.72 Å². The number of halogens is 5. The average molecular weight is 426 g/mol. The number of nitrogen functional groups attached to an aromatic ring is 1. The molecule has 10 heteroatoms. The molecule has 0 bridgehead atoms. The molecule has 1 aromatic carbocycles. The SMILES string of the molecule is Nc1cc(Br)cc(Br)c1S(=O)(=O)NCCC(F)(F)F. The van der Waals surface area contributed by atoms with E-state index in [1.54, 1.807) is 0 Å². The molecule has 0 unspecified atom stereocenters. The van der Waals surface area contributed by atoms with E-state index in [2.05, 4.69) is 31.9 Å². The number of benzene rings is 1. The quantitative estimate of drug-likeness (QED) is 0.728. The molecule has 108 valence electrons. The van der Waals surface area contributed by atoms with Gasteiger partial charge in [-0.15, -0.1) is 0 Å². The fraction of sp³-hybridized carbons (Fsp3) is 0.333. The first-order chi connectivity index (χ1) is 8.53. The second-order valence-corrected chi connectivity index (χ2v) is 7.04. The van der Waals surface area contributed by atoms with E-state index in [0.29, 0.717) is 4.47 Å². The summed E-state index contributed by atoms with van der Waals surface area (Å²) in [7, 11) is -4.10. The number of anilines is 1. The van der Waals surface area contributed by atoms with Crippen molar-refractivity contribution in [1.29, 1.82) is 0 Å². The lowest BCUT2D eigenvalue weighted by atomic mass is 10.3. The zero-order chi connectivity index (χ0) is 14.8. The zero-order valence-corrected chi connectivity index (χ0v) is 13.2. The monoisotopic (exact) mass is 424 g/mol. The van der Waals surface area contributed by atoms with Crippen molar-refractivity contribution in [2.75, 3.05) is 12.3 Å². The molecule has 0 heterocycles. The summed E-state index contributed by atoms with van der Waals surface area (Å²) in [6.45, 7) is -0.742. The molecular weight excluding hydrogens is 417 g/mol. The predicted molar refractivity (Wildman–Crippen MR) is 72.1 cm³/mol. The highest BCUT2D eigenvalue weighted by atomic mass is 79.9. The van der Waals surface area contributed by atoms with E-state index >= 15 is 0 Å². The van der Waals surface area contributed by atoms with E-state index < -0.39 is 29.2 Å². The molecule has 0 fully saturated rings. The summed E-state index contributed by atoms with van der Waals surface area (Å²) in [5.41, 5.74) is 5.50. The van der Waals surface area contributed by atoms with Crippen LogP contribution in [-0.2, 0) is 10.0 Å². The van der Waals surface area contributed by atoms with Crippen molar-refractivity contribution in [3.8, 4) is 0 Å². The fourth-order valence-electron chi connectivity index (χ4n) is 1.26. The number of hydrogen-bond donors (Lipinski definition) is 2. The van der Waals surface area contributed by atoms with E-state index in [0.717, 1.165) is 0 Å². The smallest absolute Gasteiger partial charge is 0.390 e. The highest BCUT2D eigenvalue weighted by Gasteiger charge is 2.28. The van der Waals surface area contributed by atoms with Crippen LogP contribution in [0.4, 0.5) is 18.9 Å². The van der Waals surface area contributed by atoms with Crippen LogP contribution in [-0.4, -0.2) is 21.1 Å². The minimum absolute atomic E-state index is 0.0687. The topological polar surface area (TPSA) is 72.2 Å². The van der Waals surface area contributed by atoms with Crippen LogP contribution in [0.5, 0.6) is 0 Å². The molecule has 0 aliphatic heterocycles. The second kappa shape index (κ2) is 5.98. The first-order valence-electron chi connectivity index (χ1n) is 4.84. The molecule has 0 aliphatic carbocycles. The minimum atomic E-state index is -4.43. The summed E-state index contributed by atoms with van der Waals surface area (Å²) in [5.74, 6) is 0. The number of nitrogens with two attached hydrogens (primary N) is 1. The highest BCUT2D eigenvalue weighted by Crippen LogP contribution is 2.31. The van der Waals surface area contributed by atoms with Gasteiger partial charge in [-0.05, 0) is 28.1 Å². The van der Waals surface area contributed by atoms with Crippen molar-refractivity contribution >= 4 is 47.6 Å². The lowest BCUT2D eigenvalue weighted by Gasteiger charge is -2.12. The van der Waals surface area contributed by atoms with E-state index in [9.17, 15) is 21.6 Å². The molecule has 0 atom stereocenters. The Labute approximate surface area is 124 Å². The predicted octanol–water partition coefficient (Wildman–Crippen LogP) is 3.02. The molecule has 0 aromatic heterocycles. The van der Waals surface area contributed by atoms with Crippen LogP contribution in [0, 0.1) is 0 Å². The van der Waals surface area contributed by atoms with Crippen molar-refractivity contribution in [3.05, 3.63) is 21.1 Å². The second-order valence-electron chi connectivity index (χ2n) is 3.57. The first-order valence-corrected chi connectivity index (χ1v) is 7.91. The van der Waals surface area contributed by atoms with Crippen molar-refractivity contribution in [1.82, 2.24) is 4.72 Å². The standard InChI is InChI=1S/C9H9Br2F3N2O2S/c10-5-3-6(11)8(7(15)4-5)19(17,18)16-2-1-9(12,13)14/h3-4,16H,1-2,15H2. The fourth-order valence-corrected chi connectivity index (χ4v) is 4.36. The summed E-state index contributed by atoms with van der Waals surface area (Å²) < 4.78 is 62.2. The van der Waals surface area contributed by atoms with Gasteiger partial charge in [-0.3, -0.25) is 0 Å². The Morgan fingerprint density at radius 1 is 1.26 bits per heavy atom. The summed E-state index contributed by atoms with van der Waals surface area (Å²) in [6.07, 6.45) is -5.68. The van der Waals surface area contributed by atoms with Crippen molar-refractivity contribution < 1.29 is 21.6 Å². The summed E-state index contributed by atoms with van der Waals surface area (Å²) in [6, 6.07) is 2.79. The highest BCUT2D eigenvalue weighted by molar-refractivity contribution is 9.11. The lowest BCUT2D eigenvalue weighted by molar-refractivity contribution is -0.132. The molecule has 0 radical (unpaired) electrons. The normalized spacial score (nSPS) is 12.7. The third-order valence-corrected chi connectivity index (χ3v) is 4.93. The molecule has 19 heavy (non-hydrogen) atoms. The van der Waals surface area contributed by atoms with Crippen molar-refractivity contribution in [2.24, 2.45) is 0 Å². The molecule has 1 rings (SSSR count). The maximum atomic E-state index is 12.0. The van der Waals surface area contributed by atoms with Crippen molar-refractivity contribution in [3.63, 3.8) is 0 Å². The van der Waals surface area contributed by atoms with Gasteiger partial charge in [0.25, 0.3) is 0 Å². The van der Waals surface area contributed by atoms with E-state index in [-0.39, 0.29) is 15.1 Å². The molecule has 3 N–H and O–H groups in total. The molecular formula is C9H9Br2F3N2O2S. The van der Waals surface area contributed by atoms with Crippen LogP contribution < -0.4 is 10.5 Å². The summed E-state index contributed by atoms with van der Waals surface area (Å²) in [4.78, 5) is -0.280. The van der Waals surface area contributed by atoms with Crippen LogP contribution >= 0.6 is 31.9 Å². The molecule has 0 spiro atoms. The van der Waals surface area contributed by atoms with Gasteiger partial charge in [0.2, 0.25) is 10.0 Å². The van der Waals surface area contributed by atoms with Crippen LogP contribution in [0.2, 0.25) is 0 Å². The third kappa shape index (κ3) is 4.93. The number of alkyl halides is 3. The van der Waals surface area contributed by atoms with Crippen LogP contribution in [0.25, 0.3) is 0 Å². The Kier molecular flexibility index (Phi) is 5.27. The number of hydrogen-bond acceptors (Lipinski definition) is 3. The van der Waals surface area contributed by atoms with Crippen LogP contribution in [0.1, 0.15) is 6.42 Å². The lowest BCUT2D eigenvalue weighted by Crippen LogP contribution is -2.29. The summed E-state index contributed by atoms with van der Waals surface area (Å²) >= 11 is 6.13. The Balaban J connectivity index is 2.96. The van der Waals surface area contributed by atoms with Gasteiger partial charge in [-0.1, -0.05) is 15.9 Å². The number of rotatable bonds is 4. The van der Waals surface area contributed by atoms with Crippen LogP contribution in [0.3, 0.4) is 0 Å². The maximum Gasteiger partial charge on any atom is 0.390 e. The third-order valence-electron chi connectivity index (χ3n) is 2.01. The van der Waals surface area contributed by atoms with Crippen molar-refractivity contribution in [2.45, 2.75) is 17.5 Å². The van der Waals surface area contributed by atoms with Gasteiger partial charge in [0, 0.05) is 15.5 Å². The number of nitrogens with one attached hydrogen (secondary N) is 1. The van der Waals surface area contributed by atoms with Gasteiger partial charge < -0.3 is 5.73 Å². The molecule has 0 aliphatic rings. The molecule has 0 saturated heterocycles. The first kappa shape index (κ1) is 16.7. The Hall–Kier alpha value is -0.320. The average Bonchev–Trinajstić information content (AvgIpc) is 2.11. The number of sulfonamides is 1. The van der Waals surface area contributed by atoms with E-state index in [4.69, 9.17) is 5.73 Å². The molecule has 1 aromatic rings. The molecule has 4 nitrogen and oxygen atoms in total. The largest absolute Gasteiger partial charge is 0.398 e. The Morgan fingerprint density at radius 2 is 1.84 bits per heavy atom. The maximum absolute atomic E-state index is 12.0. The zero-order valence-electron chi connectivity index (χ0n) is 9.26. The van der Waals surface area contributed by atoms with Gasteiger partial charge in [0.15, 0.2) is 0 Å².